The number of hydrogen-bond donors (Lipinski definition) is 3. The van der Waals surface area contributed by atoms with Gasteiger partial charge in [0.05, 0.1) is 26.4 Å². The largest absolute Gasteiger partial charge is 0.467 e. The topological polar surface area (TPSA) is 145 Å². The van der Waals surface area contributed by atoms with E-state index in [4.69, 9.17) is 18.9 Å². The maximum Gasteiger partial charge on any atom is 0.408 e. The van der Waals surface area contributed by atoms with Crippen molar-refractivity contribution < 1.29 is 38.1 Å². The van der Waals surface area contributed by atoms with Crippen molar-refractivity contribution in [3.8, 4) is 0 Å². The summed E-state index contributed by atoms with van der Waals surface area (Å²) in [6.07, 6.45) is -1.77. The van der Waals surface area contributed by atoms with Gasteiger partial charge >= 0.3 is 18.2 Å². The molecule has 0 aliphatic carbocycles. The SMILES string of the molecule is COC(=O)[C@H](CNC(=O)OC(C)(C)C)NC(=O)C(NC(=O)OCc1cccc(C)c1)C(C)[C@H]1CO1. The molecule has 11 heteroatoms. The van der Waals surface area contributed by atoms with Crippen LogP contribution in [0, 0.1) is 12.8 Å². The van der Waals surface area contributed by atoms with E-state index < -0.39 is 47.7 Å². The highest BCUT2D eigenvalue weighted by Gasteiger charge is 2.40. The van der Waals surface area contributed by atoms with Crippen molar-refractivity contribution in [2.75, 3.05) is 20.3 Å². The fourth-order valence-electron chi connectivity index (χ4n) is 3.23. The standard InChI is InChI=1S/C24H35N3O8/c1-14-8-7-9-16(10-14)12-34-23(31)27-19(15(2)18-13-33-18)20(28)26-17(21(29)32-6)11-25-22(30)35-24(3,4)5/h7-10,15,17-19H,11-13H2,1-6H3,(H,25,30)(H,26,28)(H,27,31)/t15?,17-,18+,19?/m0/s1. The van der Waals surface area contributed by atoms with E-state index in [1.54, 1.807) is 27.7 Å². The molecule has 11 nitrogen and oxygen atoms in total. The number of methoxy groups -OCH3 is 1. The maximum atomic E-state index is 13.1. The minimum Gasteiger partial charge on any atom is -0.467 e. The Balaban J connectivity index is 2.02. The lowest BCUT2D eigenvalue weighted by atomic mass is 9.97. The van der Waals surface area contributed by atoms with Crippen molar-refractivity contribution >= 4 is 24.1 Å². The van der Waals surface area contributed by atoms with Crippen LogP contribution in [0.25, 0.3) is 0 Å². The average molecular weight is 494 g/mol. The molecule has 3 amide bonds. The molecule has 2 unspecified atom stereocenters. The molecule has 1 heterocycles. The highest BCUT2D eigenvalue weighted by Crippen LogP contribution is 2.23. The van der Waals surface area contributed by atoms with Gasteiger partial charge in [-0.1, -0.05) is 36.8 Å². The number of benzene rings is 1. The van der Waals surface area contributed by atoms with Gasteiger partial charge in [0.25, 0.3) is 0 Å². The normalized spacial score (nSPS) is 17.3. The Hall–Kier alpha value is -3.34. The summed E-state index contributed by atoms with van der Waals surface area (Å²) in [5.41, 5.74) is 1.09. The van der Waals surface area contributed by atoms with Crippen molar-refractivity contribution in [2.24, 2.45) is 5.92 Å². The Labute approximate surface area is 205 Å². The predicted molar refractivity (Wildman–Crippen MR) is 125 cm³/mol. The van der Waals surface area contributed by atoms with Crippen molar-refractivity contribution in [3.05, 3.63) is 35.4 Å². The zero-order valence-electron chi connectivity index (χ0n) is 21.0. The van der Waals surface area contributed by atoms with Gasteiger partial charge in [-0.25, -0.2) is 14.4 Å². The van der Waals surface area contributed by atoms with Crippen LogP contribution in [0.1, 0.15) is 38.8 Å². The summed E-state index contributed by atoms with van der Waals surface area (Å²) >= 11 is 0. The predicted octanol–water partition coefficient (Wildman–Crippen LogP) is 1.81. The first-order valence-electron chi connectivity index (χ1n) is 11.3. The molecule has 1 aliphatic rings. The number of esters is 1. The highest BCUT2D eigenvalue weighted by atomic mass is 16.6. The van der Waals surface area contributed by atoms with E-state index in [0.717, 1.165) is 18.2 Å². The van der Waals surface area contributed by atoms with Gasteiger partial charge in [0.2, 0.25) is 5.91 Å². The van der Waals surface area contributed by atoms with Gasteiger partial charge in [-0.05, 0) is 33.3 Å². The molecule has 0 aromatic heterocycles. The Morgan fingerprint density at radius 2 is 1.83 bits per heavy atom. The monoisotopic (exact) mass is 493 g/mol. The van der Waals surface area contributed by atoms with Crippen LogP contribution in [0.3, 0.4) is 0 Å². The molecule has 1 fully saturated rings. The number of alkyl carbamates (subject to hydrolysis) is 2. The minimum atomic E-state index is -1.21. The first kappa shape index (κ1) is 27.9. The summed E-state index contributed by atoms with van der Waals surface area (Å²) < 4.78 is 20.5. The minimum absolute atomic E-state index is 0.0285. The summed E-state index contributed by atoms with van der Waals surface area (Å²) in [6, 6.07) is 5.23. The van der Waals surface area contributed by atoms with E-state index in [-0.39, 0.29) is 19.3 Å². The second kappa shape index (κ2) is 12.4. The molecular weight excluding hydrogens is 458 g/mol. The van der Waals surface area contributed by atoms with E-state index in [1.807, 2.05) is 31.2 Å². The van der Waals surface area contributed by atoms with Crippen LogP contribution in [0.15, 0.2) is 24.3 Å². The van der Waals surface area contributed by atoms with Crippen LogP contribution in [0.2, 0.25) is 0 Å². The van der Waals surface area contributed by atoms with Crippen LogP contribution < -0.4 is 16.0 Å². The third kappa shape index (κ3) is 9.81. The molecule has 35 heavy (non-hydrogen) atoms. The second-order valence-corrected chi connectivity index (χ2v) is 9.39. The number of aryl methyl sites for hydroxylation is 1. The van der Waals surface area contributed by atoms with Gasteiger partial charge in [0.1, 0.15) is 24.3 Å². The summed E-state index contributed by atoms with van der Waals surface area (Å²) in [7, 11) is 1.16. The second-order valence-electron chi connectivity index (χ2n) is 9.39. The maximum absolute atomic E-state index is 13.1. The lowest BCUT2D eigenvalue weighted by Gasteiger charge is -2.26. The van der Waals surface area contributed by atoms with Crippen LogP contribution in [0.4, 0.5) is 9.59 Å². The third-order valence-electron chi connectivity index (χ3n) is 5.13. The molecule has 0 saturated carbocycles. The number of nitrogens with one attached hydrogen (secondary N) is 3. The molecule has 1 aliphatic heterocycles. The zero-order valence-corrected chi connectivity index (χ0v) is 21.0. The van der Waals surface area contributed by atoms with E-state index in [2.05, 4.69) is 16.0 Å². The third-order valence-corrected chi connectivity index (χ3v) is 5.13. The zero-order chi connectivity index (χ0) is 26.2. The van der Waals surface area contributed by atoms with Gasteiger partial charge in [-0.15, -0.1) is 0 Å². The first-order chi connectivity index (χ1) is 16.4. The van der Waals surface area contributed by atoms with Crippen LogP contribution in [-0.2, 0) is 35.1 Å². The van der Waals surface area contributed by atoms with Crippen molar-refractivity contribution in [3.63, 3.8) is 0 Å². The Bertz CT molecular complexity index is 910. The Kier molecular flexibility index (Phi) is 9.88. The number of rotatable bonds is 10. The smallest absolute Gasteiger partial charge is 0.408 e. The number of carbonyl (C=O) groups is 4. The van der Waals surface area contributed by atoms with Crippen molar-refractivity contribution in [1.82, 2.24) is 16.0 Å². The van der Waals surface area contributed by atoms with Crippen molar-refractivity contribution in [1.29, 1.82) is 0 Å². The summed E-state index contributed by atoms with van der Waals surface area (Å²) in [5.74, 6) is -1.83. The molecule has 4 atom stereocenters. The van der Waals surface area contributed by atoms with Gasteiger partial charge in [0.15, 0.2) is 0 Å². The van der Waals surface area contributed by atoms with Crippen LogP contribution in [-0.4, -0.2) is 68.1 Å². The summed E-state index contributed by atoms with van der Waals surface area (Å²) in [6.45, 7) is 8.97. The van der Waals surface area contributed by atoms with E-state index in [0.29, 0.717) is 6.61 Å². The van der Waals surface area contributed by atoms with Gasteiger partial charge < -0.3 is 34.9 Å². The summed E-state index contributed by atoms with van der Waals surface area (Å²) in [5, 5.41) is 7.52. The molecule has 1 saturated heterocycles. The lowest BCUT2D eigenvalue weighted by Crippen LogP contribution is -2.57. The lowest BCUT2D eigenvalue weighted by molar-refractivity contribution is -0.145. The van der Waals surface area contributed by atoms with Gasteiger partial charge in [0, 0.05) is 5.92 Å². The number of hydrogen-bond acceptors (Lipinski definition) is 8. The average Bonchev–Trinajstić information content (AvgIpc) is 3.62. The first-order valence-corrected chi connectivity index (χ1v) is 11.3. The van der Waals surface area contributed by atoms with Crippen LogP contribution in [0.5, 0.6) is 0 Å². The van der Waals surface area contributed by atoms with E-state index >= 15 is 0 Å². The van der Waals surface area contributed by atoms with Crippen LogP contribution >= 0.6 is 0 Å². The van der Waals surface area contributed by atoms with Gasteiger partial charge in [-0.3, -0.25) is 4.79 Å². The van der Waals surface area contributed by atoms with Crippen molar-refractivity contribution in [2.45, 2.75) is 65.0 Å². The number of amides is 3. The number of epoxide rings is 1. The highest BCUT2D eigenvalue weighted by molar-refractivity contribution is 5.90. The molecule has 1 aromatic carbocycles. The fraction of sp³-hybridized carbons (Fsp3) is 0.583. The quantitative estimate of drug-likeness (QED) is 0.254. The summed E-state index contributed by atoms with van der Waals surface area (Å²) in [4.78, 5) is 49.7. The number of ether oxygens (including phenoxy) is 4. The fourth-order valence-corrected chi connectivity index (χ4v) is 3.23. The number of carbonyl (C=O) groups excluding carboxylic acids is 4. The van der Waals surface area contributed by atoms with Gasteiger partial charge in [-0.2, -0.15) is 0 Å². The Morgan fingerprint density at radius 1 is 1.14 bits per heavy atom. The molecule has 2 rings (SSSR count). The van der Waals surface area contributed by atoms with E-state index in [1.165, 1.54) is 0 Å². The molecular formula is C24H35N3O8. The molecule has 0 spiro atoms. The molecule has 0 radical (unpaired) electrons. The molecule has 194 valence electrons. The molecule has 0 bridgehead atoms. The molecule has 1 aromatic rings. The Morgan fingerprint density at radius 3 is 2.40 bits per heavy atom. The molecule has 3 N–H and O–H groups in total. The van der Waals surface area contributed by atoms with E-state index in [9.17, 15) is 19.2 Å².